The molecule has 0 saturated carbocycles. The number of nitrogens with one attached hydrogen (secondary N) is 1. The van der Waals surface area contributed by atoms with Gasteiger partial charge in [0, 0.05) is 11.4 Å². The van der Waals surface area contributed by atoms with Crippen LogP contribution in [0.3, 0.4) is 0 Å². The zero-order valence-corrected chi connectivity index (χ0v) is 14.8. The molecule has 0 spiro atoms. The van der Waals surface area contributed by atoms with Crippen LogP contribution in [0.2, 0.25) is 0 Å². The molecule has 0 radical (unpaired) electrons. The van der Waals surface area contributed by atoms with E-state index < -0.39 is 32.8 Å². The van der Waals surface area contributed by atoms with Crippen molar-refractivity contribution in [3.8, 4) is 0 Å². The van der Waals surface area contributed by atoms with Crippen molar-refractivity contribution in [2.75, 3.05) is 12.8 Å². The first-order valence-corrected chi connectivity index (χ1v) is 9.83. The summed E-state index contributed by atoms with van der Waals surface area (Å²) in [6, 6.07) is 10.3. The quantitative estimate of drug-likeness (QED) is 0.741. The lowest BCUT2D eigenvalue weighted by atomic mass is 10.1. The molecule has 0 aliphatic heterocycles. The maximum Gasteiger partial charge on any atom is 0.416 e. The molecule has 0 heterocycles. The van der Waals surface area contributed by atoms with Crippen molar-refractivity contribution in [2.24, 2.45) is 0 Å². The average molecular weight is 391 g/mol. The predicted octanol–water partition coefficient (Wildman–Crippen LogP) is 3.44. The second-order valence-corrected chi connectivity index (χ2v) is 7.81. The van der Waals surface area contributed by atoms with Crippen molar-refractivity contribution in [2.45, 2.75) is 22.1 Å². The number of alkyl halides is 3. The highest BCUT2D eigenvalue weighted by atomic mass is 32.2. The lowest BCUT2D eigenvalue weighted by Gasteiger charge is -2.14. The van der Waals surface area contributed by atoms with E-state index in [4.69, 9.17) is 0 Å². The smallest absolute Gasteiger partial charge is 0.387 e. The Bertz CT molecular complexity index is 821. The summed E-state index contributed by atoms with van der Waals surface area (Å²) in [6.07, 6.45) is -3.85. The van der Waals surface area contributed by atoms with E-state index in [1.54, 1.807) is 24.3 Å². The van der Waals surface area contributed by atoms with Gasteiger partial charge in [0.15, 0.2) is 0 Å². The Morgan fingerprint density at radius 2 is 1.80 bits per heavy atom. The maximum atomic E-state index is 12.7. The molecule has 2 rings (SSSR count). The first kappa shape index (κ1) is 19.8. The van der Waals surface area contributed by atoms with Gasteiger partial charge in [-0.15, -0.1) is 11.8 Å². The summed E-state index contributed by atoms with van der Waals surface area (Å²) in [5.41, 5.74) is -0.548. The second-order valence-electron chi connectivity index (χ2n) is 5.17. The number of hydrogen-bond acceptors (Lipinski definition) is 4. The molecule has 25 heavy (non-hydrogen) atoms. The van der Waals surface area contributed by atoms with E-state index in [-0.39, 0.29) is 6.54 Å². The number of hydrogen-bond donors (Lipinski definition) is 2. The fraction of sp³-hybridized carbons (Fsp3) is 0.250. The third-order valence-corrected chi connectivity index (χ3v) is 5.60. The largest absolute Gasteiger partial charge is 0.416 e. The number of aliphatic hydroxyl groups excluding tert-OH is 1. The summed E-state index contributed by atoms with van der Waals surface area (Å²) >= 11 is 1.52. The van der Waals surface area contributed by atoms with E-state index in [9.17, 15) is 26.7 Å². The molecule has 9 heteroatoms. The highest BCUT2D eigenvalue weighted by Gasteiger charge is 2.31. The van der Waals surface area contributed by atoms with E-state index in [0.29, 0.717) is 11.6 Å². The summed E-state index contributed by atoms with van der Waals surface area (Å²) in [4.78, 5) is 0.479. The molecule has 0 aliphatic rings. The lowest BCUT2D eigenvalue weighted by molar-refractivity contribution is -0.137. The Balaban J connectivity index is 2.10. The highest BCUT2D eigenvalue weighted by Crippen LogP contribution is 2.30. The van der Waals surface area contributed by atoms with Crippen molar-refractivity contribution >= 4 is 21.8 Å². The van der Waals surface area contributed by atoms with Gasteiger partial charge >= 0.3 is 6.18 Å². The standard InChI is InChI=1S/C16H16F3NO3S2/c1-24-13-7-5-11(6-8-13)15(21)10-20-25(22,23)14-4-2-3-12(9-14)16(17,18)19/h2-9,15,20-21H,10H2,1H3/t15-/m0/s1. The van der Waals surface area contributed by atoms with Crippen molar-refractivity contribution in [3.63, 3.8) is 0 Å². The maximum absolute atomic E-state index is 12.7. The minimum atomic E-state index is -4.63. The van der Waals surface area contributed by atoms with Crippen molar-refractivity contribution in [3.05, 3.63) is 59.7 Å². The third kappa shape index (κ3) is 5.21. The van der Waals surface area contributed by atoms with Crippen LogP contribution in [0.4, 0.5) is 13.2 Å². The van der Waals surface area contributed by atoms with E-state index in [0.717, 1.165) is 23.1 Å². The SMILES string of the molecule is CSc1ccc([C@@H](O)CNS(=O)(=O)c2cccc(C(F)(F)F)c2)cc1. The molecule has 1 atom stereocenters. The van der Waals surface area contributed by atoms with Gasteiger partial charge < -0.3 is 5.11 Å². The van der Waals surface area contributed by atoms with Gasteiger partial charge in [-0.3, -0.25) is 0 Å². The zero-order chi connectivity index (χ0) is 18.7. The van der Waals surface area contributed by atoms with Crippen LogP contribution in [0.5, 0.6) is 0 Å². The van der Waals surface area contributed by atoms with E-state index >= 15 is 0 Å². The Labute approximate surface area is 148 Å². The number of benzene rings is 2. The number of halogens is 3. The molecule has 0 aromatic heterocycles. The lowest BCUT2D eigenvalue weighted by Crippen LogP contribution is -2.28. The molecule has 2 N–H and O–H groups in total. The van der Waals surface area contributed by atoms with Gasteiger partial charge in [0.1, 0.15) is 0 Å². The molecule has 4 nitrogen and oxygen atoms in total. The van der Waals surface area contributed by atoms with Gasteiger partial charge in [-0.05, 0) is 42.2 Å². The summed E-state index contributed by atoms with van der Waals surface area (Å²) in [5.74, 6) is 0. The van der Waals surface area contributed by atoms with E-state index in [1.807, 2.05) is 6.26 Å². The molecule has 0 aliphatic carbocycles. The molecule has 0 unspecified atom stereocenters. The molecule has 136 valence electrons. The first-order valence-electron chi connectivity index (χ1n) is 7.12. The zero-order valence-electron chi connectivity index (χ0n) is 13.1. The van der Waals surface area contributed by atoms with Crippen LogP contribution in [-0.2, 0) is 16.2 Å². The fourth-order valence-electron chi connectivity index (χ4n) is 2.06. The average Bonchev–Trinajstić information content (AvgIpc) is 2.59. The minimum Gasteiger partial charge on any atom is -0.387 e. The predicted molar refractivity (Wildman–Crippen MR) is 89.8 cm³/mol. The van der Waals surface area contributed by atoms with Crippen LogP contribution >= 0.6 is 11.8 Å². The Kier molecular flexibility index (Phi) is 6.15. The monoisotopic (exact) mass is 391 g/mol. The van der Waals surface area contributed by atoms with Crippen LogP contribution in [0, 0.1) is 0 Å². The molecule has 2 aromatic rings. The fourth-order valence-corrected chi connectivity index (χ4v) is 3.55. The first-order chi connectivity index (χ1) is 11.6. The summed E-state index contributed by atoms with van der Waals surface area (Å²) in [6.45, 7) is -0.350. The van der Waals surface area contributed by atoms with Crippen molar-refractivity contribution < 1.29 is 26.7 Å². The summed E-state index contributed by atoms with van der Waals surface area (Å²) in [5, 5.41) is 10.1. The molecular weight excluding hydrogens is 375 g/mol. The Hall–Kier alpha value is -1.55. The number of aliphatic hydroxyl groups is 1. The van der Waals surface area contributed by atoms with E-state index in [2.05, 4.69) is 4.72 Å². The van der Waals surface area contributed by atoms with Gasteiger partial charge in [0.25, 0.3) is 0 Å². The number of thioether (sulfide) groups is 1. The van der Waals surface area contributed by atoms with Crippen LogP contribution in [0.15, 0.2) is 58.3 Å². The third-order valence-electron chi connectivity index (χ3n) is 3.44. The number of sulfonamides is 1. The molecule has 0 saturated heterocycles. The summed E-state index contributed by atoms with van der Waals surface area (Å²) < 4.78 is 64.5. The van der Waals surface area contributed by atoms with Gasteiger partial charge in [-0.1, -0.05) is 18.2 Å². The van der Waals surface area contributed by atoms with Crippen LogP contribution < -0.4 is 4.72 Å². The van der Waals surface area contributed by atoms with Crippen LogP contribution in [0.1, 0.15) is 17.2 Å². The van der Waals surface area contributed by atoms with Crippen molar-refractivity contribution in [1.29, 1.82) is 0 Å². The normalized spacial score (nSPS) is 13.6. The van der Waals surface area contributed by atoms with Gasteiger partial charge in [0.05, 0.1) is 16.6 Å². The number of rotatable bonds is 6. The van der Waals surface area contributed by atoms with Crippen LogP contribution in [-0.4, -0.2) is 26.3 Å². The molecule has 2 aromatic carbocycles. The second kappa shape index (κ2) is 7.77. The van der Waals surface area contributed by atoms with Gasteiger partial charge in [-0.25, -0.2) is 13.1 Å². The van der Waals surface area contributed by atoms with E-state index in [1.165, 1.54) is 11.8 Å². The minimum absolute atomic E-state index is 0.350. The molecular formula is C16H16F3NO3S2. The van der Waals surface area contributed by atoms with Gasteiger partial charge in [0.2, 0.25) is 10.0 Å². The topological polar surface area (TPSA) is 66.4 Å². The Morgan fingerprint density at radius 1 is 1.16 bits per heavy atom. The Morgan fingerprint density at radius 3 is 2.36 bits per heavy atom. The molecule has 0 fully saturated rings. The molecule has 0 bridgehead atoms. The van der Waals surface area contributed by atoms with Crippen molar-refractivity contribution in [1.82, 2.24) is 4.72 Å². The highest BCUT2D eigenvalue weighted by molar-refractivity contribution is 7.98. The van der Waals surface area contributed by atoms with Crippen LogP contribution in [0.25, 0.3) is 0 Å². The molecule has 0 amide bonds. The summed E-state index contributed by atoms with van der Waals surface area (Å²) in [7, 11) is -4.17. The van der Waals surface area contributed by atoms with Gasteiger partial charge in [-0.2, -0.15) is 13.2 Å².